The van der Waals surface area contributed by atoms with Crippen LogP contribution in [0.4, 0.5) is 0 Å². The van der Waals surface area contributed by atoms with Crippen molar-refractivity contribution in [3.63, 3.8) is 0 Å². The Kier molecular flexibility index (Phi) is 5.34. The van der Waals surface area contributed by atoms with Gasteiger partial charge in [-0.1, -0.05) is 66.7 Å². The molecule has 1 unspecified atom stereocenters. The van der Waals surface area contributed by atoms with Crippen LogP contribution in [0.5, 0.6) is 0 Å². The Morgan fingerprint density at radius 1 is 0.895 bits per heavy atom. The molecule has 0 fully saturated rings. The molecule has 0 N–H and O–H groups in total. The van der Waals surface area contributed by atoms with E-state index in [1.165, 1.54) is 11.1 Å². The van der Waals surface area contributed by atoms with E-state index in [0.717, 1.165) is 5.56 Å². The third-order valence-electron chi connectivity index (χ3n) is 4.04. The minimum atomic E-state index is 0.0856. The van der Waals surface area contributed by atoms with Gasteiger partial charge in [0.25, 0.3) is 0 Å². The molecule has 1 atom stereocenters. The lowest BCUT2D eigenvalue weighted by atomic mass is 9.84. The first-order chi connectivity index (χ1) is 8.75. The monoisotopic (exact) mass is 260 g/mol. The maximum absolute atomic E-state index is 12.6. The van der Waals surface area contributed by atoms with E-state index in [-0.39, 0.29) is 11.7 Å². The second-order valence-electron chi connectivity index (χ2n) is 6.55. The van der Waals surface area contributed by atoms with Crippen LogP contribution in [0.2, 0.25) is 0 Å². The lowest BCUT2D eigenvalue weighted by Crippen LogP contribution is -2.19. The minimum absolute atomic E-state index is 0.0856. The highest BCUT2D eigenvalue weighted by Crippen LogP contribution is 2.28. The Morgan fingerprint density at radius 2 is 1.47 bits per heavy atom. The molecule has 1 heteroatoms. The Hall–Kier alpha value is -1.11. The largest absolute Gasteiger partial charge is 0.294 e. The normalized spacial score (nSPS) is 13.4. The molecule has 0 saturated carbocycles. The highest BCUT2D eigenvalue weighted by atomic mass is 16.1. The average Bonchev–Trinajstić information content (AvgIpc) is 2.35. The van der Waals surface area contributed by atoms with Gasteiger partial charge in [-0.3, -0.25) is 4.79 Å². The third-order valence-corrected chi connectivity index (χ3v) is 4.04. The van der Waals surface area contributed by atoms with Crippen LogP contribution in [0.15, 0.2) is 18.2 Å². The van der Waals surface area contributed by atoms with E-state index in [1.54, 1.807) is 0 Å². The van der Waals surface area contributed by atoms with Gasteiger partial charge in [0.15, 0.2) is 5.78 Å². The molecular weight excluding hydrogens is 232 g/mol. The molecule has 1 aromatic rings. The molecular formula is C18H28O. The molecule has 1 rings (SSSR count). The van der Waals surface area contributed by atoms with Gasteiger partial charge in [-0.2, -0.15) is 0 Å². The molecule has 0 aliphatic carbocycles. The molecule has 0 heterocycles. The molecule has 0 saturated heterocycles. The van der Waals surface area contributed by atoms with Gasteiger partial charge in [-0.15, -0.1) is 0 Å². The molecule has 1 aromatic carbocycles. The number of rotatable bonds is 5. The first-order valence-electron chi connectivity index (χ1n) is 7.43. The molecule has 1 nitrogen and oxygen atoms in total. The van der Waals surface area contributed by atoms with Gasteiger partial charge in [0, 0.05) is 11.5 Å². The summed E-state index contributed by atoms with van der Waals surface area (Å²) in [5.74, 6) is 1.65. The van der Waals surface area contributed by atoms with Crippen molar-refractivity contribution < 1.29 is 4.79 Å². The van der Waals surface area contributed by atoms with Crippen LogP contribution in [0, 0.1) is 11.8 Å². The van der Waals surface area contributed by atoms with Crippen molar-refractivity contribution in [3.8, 4) is 0 Å². The quantitative estimate of drug-likeness (QED) is 0.647. The van der Waals surface area contributed by atoms with E-state index in [9.17, 15) is 4.79 Å². The van der Waals surface area contributed by atoms with Crippen LogP contribution in [0.3, 0.4) is 0 Å². The van der Waals surface area contributed by atoms with Crippen molar-refractivity contribution in [1.29, 1.82) is 0 Å². The minimum Gasteiger partial charge on any atom is -0.294 e. The van der Waals surface area contributed by atoms with Crippen molar-refractivity contribution in [2.24, 2.45) is 11.8 Å². The predicted octanol–water partition coefficient (Wildman–Crippen LogP) is 5.41. The van der Waals surface area contributed by atoms with Crippen molar-refractivity contribution in [3.05, 3.63) is 34.9 Å². The molecule has 0 bridgehead atoms. The molecule has 0 aliphatic rings. The summed E-state index contributed by atoms with van der Waals surface area (Å²) >= 11 is 0. The van der Waals surface area contributed by atoms with E-state index in [1.807, 2.05) is 13.0 Å². The van der Waals surface area contributed by atoms with Crippen molar-refractivity contribution in [2.45, 2.75) is 60.3 Å². The SMILES string of the molecule is CC(C)c1ccc(C(=O)C(C)C(C)C)c(C(C)C)c1. The molecule has 0 spiro atoms. The highest BCUT2D eigenvalue weighted by molar-refractivity contribution is 5.99. The number of hydrogen-bond donors (Lipinski definition) is 0. The molecule has 19 heavy (non-hydrogen) atoms. The van der Waals surface area contributed by atoms with Gasteiger partial charge in [0.05, 0.1) is 0 Å². The number of ketones is 1. The molecule has 0 radical (unpaired) electrons. The van der Waals surface area contributed by atoms with E-state index in [4.69, 9.17) is 0 Å². The zero-order valence-corrected chi connectivity index (χ0v) is 13.4. The van der Waals surface area contributed by atoms with Gasteiger partial charge in [0.2, 0.25) is 0 Å². The fraction of sp³-hybridized carbons (Fsp3) is 0.611. The topological polar surface area (TPSA) is 17.1 Å². The van der Waals surface area contributed by atoms with E-state index < -0.39 is 0 Å². The zero-order valence-electron chi connectivity index (χ0n) is 13.4. The molecule has 0 amide bonds. The van der Waals surface area contributed by atoms with Crippen LogP contribution < -0.4 is 0 Å². The van der Waals surface area contributed by atoms with Crippen molar-refractivity contribution >= 4 is 5.78 Å². The molecule has 0 aromatic heterocycles. The summed E-state index contributed by atoms with van der Waals surface area (Å²) in [6.45, 7) is 15.0. The van der Waals surface area contributed by atoms with E-state index in [2.05, 4.69) is 53.7 Å². The highest BCUT2D eigenvalue weighted by Gasteiger charge is 2.22. The molecule has 106 valence electrons. The van der Waals surface area contributed by atoms with Gasteiger partial charge in [-0.25, -0.2) is 0 Å². The zero-order chi connectivity index (χ0) is 14.7. The summed E-state index contributed by atoms with van der Waals surface area (Å²) in [4.78, 5) is 12.6. The van der Waals surface area contributed by atoms with Gasteiger partial charge >= 0.3 is 0 Å². The van der Waals surface area contributed by atoms with E-state index in [0.29, 0.717) is 17.8 Å². The summed E-state index contributed by atoms with van der Waals surface area (Å²) < 4.78 is 0. The summed E-state index contributed by atoms with van der Waals surface area (Å²) in [6.07, 6.45) is 0. The lowest BCUT2D eigenvalue weighted by molar-refractivity contribution is 0.0898. The standard InChI is InChI=1S/C18H28O/c1-11(2)14(7)18(19)16-9-8-15(12(3)4)10-17(16)13(5)6/h8-14H,1-7H3. The van der Waals surface area contributed by atoms with Gasteiger partial charge in [0.1, 0.15) is 0 Å². The summed E-state index contributed by atoms with van der Waals surface area (Å²) in [5.41, 5.74) is 3.43. The van der Waals surface area contributed by atoms with E-state index >= 15 is 0 Å². The maximum Gasteiger partial charge on any atom is 0.166 e. The molecule has 0 aliphatic heterocycles. The van der Waals surface area contributed by atoms with Crippen LogP contribution in [0.1, 0.15) is 81.8 Å². The van der Waals surface area contributed by atoms with Crippen LogP contribution in [-0.2, 0) is 0 Å². The first-order valence-corrected chi connectivity index (χ1v) is 7.43. The second-order valence-corrected chi connectivity index (χ2v) is 6.55. The van der Waals surface area contributed by atoms with Crippen LogP contribution in [0.25, 0.3) is 0 Å². The Morgan fingerprint density at radius 3 is 1.89 bits per heavy atom. The predicted molar refractivity (Wildman–Crippen MR) is 83.0 cm³/mol. The number of benzene rings is 1. The summed E-state index contributed by atoms with van der Waals surface area (Å²) in [7, 11) is 0. The summed E-state index contributed by atoms with van der Waals surface area (Å²) in [5, 5.41) is 0. The maximum atomic E-state index is 12.6. The number of carbonyl (C=O) groups excluding carboxylic acids is 1. The first kappa shape index (κ1) is 15.9. The average molecular weight is 260 g/mol. The Bertz CT molecular complexity index is 441. The van der Waals surface area contributed by atoms with Gasteiger partial charge < -0.3 is 0 Å². The fourth-order valence-electron chi connectivity index (χ4n) is 2.19. The number of hydrogen-bond acceptors (Lipinski definition) is 1. The third kappa shape index (κ3) is 3.68. The Labute approximate surface area is 118 Å². The van der Waals surface area contributed by atoms with Crippen LogP contribution in [-0.4, -0.2) is 5.78 Å². The van der Waals surface area contributed by atoms with Crippen molar-refractivity contribution in [2.75, 3.05) is 0 Å². The number of carbonyl (C=O) groups is 1. The number of Topliss-reactive ketones (excluding diaryl/α,β-unsaturated/α-hetero) is 1. The van der Waals surface area contributed by atoms with Crippen LogP contribution >= 0.6 is 0 Å². The summed E-state index contributed by atoms with van der Waals surface area (Å²) in [6, 6.07) is 6.36. The van der Waals surface area contributed by atoms with Gasteiger partial charge in [-0.05, 0) is 28.9 Å². The smallest absolute Gasteiger partial charge is 0.166 e. The van der Waals surface area contributed by atoms with Crippen molar-refractivity contribution in [1.82, 2.24) is 0 Å². The fourth-order valence-corrected chi connectivity index (χ4v) is 2.19. The second kappa shape index (κ2) is 6.36. The lowest BCUT2D eigenvalue weighted by Gasteiger charge is -2.20. The Balaban J connectivity index is 3.24.